The molecule has 3 atom stereocenters. The summed E-state index contributed by atoms with van der Waals surface area (Å²) in [4.78, 5) is 42.7. The average molecular weight is 530 g/mol. The smallest absolute Gasteiger partial charge is 0.408 e. The minimum absolute atomic E-state index is 0.0861. The van der Waals surface area contributed by atoms with Crippen LogP contribution in [0, 0.1) is 5.92 Å². The van der Waals surface area contributed by atoms with E-state index >= 15 is 0 Å². The highest BCUT2D eigenvalue weighted by atomic mass is 16.6. The summed E-state index contributed by atoms with van der Waals surface area (Å²) in [7, 11) is 0. The Balaban J connectivity index is 1.67. The van der Waals surface area contributed by atoms with Crippen LogP contribution in [-0.4, -0.2) is 40.5 Å². The lowest BCUT2D eigenvalue weighted by atomic mass is 9.95. The lowest BCUT2D eigenvalue weighted by Crippen LogP contribution is -2.55. The van der Waals surface area contributed by atoms with E-state index in [1.165, 1.54) is 0 Å². The molecule has 39 heavy (non-hydrogen) atoms. The van der Waals surface area contributed by atoms with E-state index in [1.54, 1.807) is 25.7 Å². The maximum absolute atomic E-state index is 14.2. The summed E-state index contributed by atoms with van der Waals surface area (Å²) < 4.78 is 5.48. The Hall–Kier alpha value is -3.87. The van der Waals surface area contributed by atoms with Crippen molar-refractivity contribution in [2.75, 3.05) is 5.32 Å². The second-order valence-corrected chi connectivity index (χ2v) is 11.4. The van der Waals surface area contributed by atoms with Crippen molar-refractivity contribution in [3.05, 3.63) is 78.4 Å². The van der Waals surface area contributed by atoms with Gasteiger partial charge < -0.3 is 20.3 Å². The number of hydrogen-bond donors (Lipinski definition) is 2. The molecule has 0 bridgehead atoms. The van der Waals surface area contributed by atoms with Gasteiger partial charge in [0, 0.05) is 11.7 Å². The van der Waals surface area contributed by atoms with Gasteiger partial charge >= 0.3 is 6.09 Å². The summed E-state index contributed by atoms with van der Waals surface area (Å²) >= 11 is 0. The monoisotopic (exact) mass is 529 g/mol. The van der Waals surface area contributed by atoms with E-state index in [-0.39, 0.29) is 23.8 Å². The maximum Gasteiger partial charge on any atom is 0.408 e. The predicted molar refractivity (Wildman–Crippen MR) is 154 cm³/mol. The van der Waals surface area contributed by atoms with Crippen molar-refractivity contribution in [1.29, 1.82) is 0 Å². The molecule has 0 radical (unpaired) electrons. The molecule has 0 saturated heterocycles. The lowest BCUT2D eigenvalue weighted by molar-refractivity contribution is -0.142. The molecule has 2 N–H and O–H groups in total. The first-order valence-electron chi connectivity index (χ1n) is 13.7. The van der Waals surface area contributed by atoms with Crippen LogP contribution in [0.3, 0.4) is 0 Å². The van der Waals surface area contributed by atoms with Gasteiger partial charge in [-0.05, 0) is 68.0 Å². The highest BCUT2D eigenvalue weighted by molar-refractivity contribution is 6.00. The molecular formula is C32H39N3O4. The summed E-state index contributed by atoms with van der Waals surface area (Å²) in [6.07, 6.45) is 1.63. The first-order valence-corrected chi connectivity index (χ1v) is 13.7. The first kappa shape index (κ1) is 28.1. The number of nitrogens with zero attached hydrogens (tertiary/aromatic N) is 1. The number of hydrogen-bond acceptors (Lipinski definition) is 4. The Kier molecular flexibility index (Phi) is 8.58. The number of benzene rings is 3. The molecule has 0 aromatic heterocycles. The third-order valence-electron chi connectivity index (χ3n) is 7.00. The molecule has 0 spiro atoms. The van der Waals surface area contributed by atoms with Crippen molar-refractivity contribution in [2.45, 2.75) is 77.6 Å². The fourth-order valence-corrected chi connectivity index (χ4v) is 4.70. The van der Waals surface area contributed by atoms with E-state index in [0.717, 1.165) is 29.2 Å². The van der Waals surface area contributed by atoms with Gasteiger partial charge in [-0.2, -0.15) is 0 Å². The van der Waals surface area contributed by atoms with Crippen LogP contribution in [0.5, 0.6) is 0 Å². The summed E-state index contributed by atoms with van der Waals surface area (Å²) in [6, 6.07) is 21.3. The third kappa shape index (κ3) is 7.16. The normalized spacial score (nSPS) is 15.6. The molecule has 1 saturated carbocycles. The number of carbonyl (C=O) groups is 3. The van der Waals surface area contributed by atoms with Gasteiger partial charge in [-0.1, -0.05) is 80.9 Å². The van der Waals surface area contributed by atoms with Crippen molar-refractivity contribution in [3.8, 4) is 0 Å². The van der Waals surface area contributed by atoms with Crippen LogP contribution >= 0.6 is 0 Å². The van der Waals surface area contributed by atoms with Crippen LogP contribution in [0.2, 0.25) is 0 Å². The standard InChI is InChI=1S/C32H39N3O4/c1-6-21(2)27(34-31(38)39-32(3,4)5)30(37)35(26-18-19-26)28(23-13-8-7-9-14-23)29(36)33-25-17-16-22-12-10-11-15-24(22)20-25/h7-17,20-21,26-28H,6,18-19H2,1-5H3,(H,33,36)(H,34,38). The second-order valence-electron chi connectivity index (χ2n) is 11.4. The molecule has 0 aliphatic heterocycles. The average Bonchev–Trinajstić information content (AvgIpc) is 3.74. The first-order chi connectivity index (χ1) is 18.6. The zero-order valence-electron chi connectivity index (χ0n) is 23.4. The van der Waals surface area contributed by atoms with Crippen LogP contribution in [-0.2, 0) is 14.3 Å². The van der Waals surface area contributed by atoms with Crippen LogP contribution < -0.4 is 10.6 Å². The molecule has 7 heteroatoms. The number of ether oxygens (including phenoxy) is 1. The Morgan fingerprint density at radius 3 is 2.21 bits per heavy atom. The van der Waals surface area contributed by atoms with E-state index in [1.807, 2.05) is 86.6 Å². The largest absolute Gasteiger partial charge is 0.444 e. The summed E-state index contributed by atoms with van der Waals surface area (Å²) in [6.45, 7) is 9.26. The fraction of sp³-hybridized carbons (Fsp3) is 0.406. The molecule has 0 heterocycles. The van der Waals surface area contributed by atoms with Gasteiger partial charge in [0.05, 0.1) is 0 Å². The number of fused-ring (bicyclic) bond motifs is 1. The van der Waals surface area contributed by atoms with Gasteiger partial charge in [-0.15, -0.1) is 0 Å². The van der Waals surface area contributed by atoms with Gasteiger partial charge in [0.2, 0.25) is 5.91 Å². The summed E-state index contributed by atoms with van der Waals surface area (Å²) in [5.74, 6) is -0.733. The van der Waals surface area contributed by atoms with E-state index < -0.39 is 23.8 Å². The van der Waals surface area contributed by atoms with Crippen LogP contribution in [0.4, 0.5) is 10.5 Å². The minimum Gasteiger partial charge on any atom is -0.444 e. The van der Waals surface area contributed by atoms with E-state index in [2.05, 4.69) is 10.6 Å². The van der Waals surface area contributed by atoms with Crippen LogP contribution in [0.1, 0.15) is 65.5 Å². The lowest BCUT2D eigenvalue weighted by Gasteiger charge is -2.36. The molecule has 7 nitrogen and oxygen atoms in total. The summed E-state index contributed by atoms with van der Waals surface area (Å²) in [5, 5.41) is 7.97. The van der Waals surface area contributed by atoms with E-state index in [9.17, 15) is 14.4 Å². The van der Waals surface area contributed by atoms with Gasteiger partial charge in [0.25, 0.3) is 5.91 Å². The number of nitrogens with one attached hydrogen (secondary N) is 2. The summed E-state index contributed by atoms with van der Waals surface area (Å²) in [5.41, 5.74) is 0.680. The van der Waals surface area contributed by atoms with Crippen molar-refractivity contribution in [2.24, 2.45) is 5.92 Å². The third-order valence-corrected chi connectivity index (χ3v) is 7.00. The molecule has 4 rings (SSSR count). The second kappa shape index (κ2) is 11.9. The van der Waals surface area contributed by atoms with E-state index in [0.29, 0.717) is 12.1 Å². The molecule has 1 aliphatic rings. The van der Waals surface area contributed by atoms with Gasteiger partial charge in [0.15, 0.2) is 0 Å². The Morgan fingerprint density at radius 2 is 1.59 bits per heavy atom. The Labute approximate surface area is 230 Å². The van der Waals surface area contributed by atoms with Crippen molar-refractivity contribution < 1.29 is 19.1 Å². The van der Waals surface area contributed by atoms with Gasteiger partial charge in [-0.25, -0.2) is 4.79 Å². The Morgan fingerprint density at radius 1 is 0.949 bits per heavy atom. The molecule has 1 fully saturated rings. The molecule has 3 aromatic rings. The zero-order valence-corrected chi connectivity index (χ0v) is 23.4. The highest BCUT2D eigenvalue weighted by Crippen LogP contribution is 2.37. The molecule has 1 aliphatic carbocycles. The van der Waals surface area contributed by atoms with E-state index in [4.69, 9.17) is 4.74 Å². The minimum atomic E-state index is -0.857. The number of alkyl carbamates (subject to hydrolysis) is 1. The molecule has 3 amide bonds. The molecular weight excluding hydrogens is 490 g/mol. The predicted octanol–water partition coefficient (Wildman–Crippen LogP) is 6.45. The maximum atomic E-state index is 14.2. The number of anilines is 1. The zero-order chi connectivity index (χ0) is 28.2. The number of rotatable bonds is 9. The van der Waals surface area contributed by atoms with Gasteiger partial charge in [-0.3, -0.25) is 9.59 Å². The topological polar surface area (TPSA) is 87.7 Å². The van der Waals surface area contributed by atoms with Crippen LogP contribution in [0.15, 0.2) is 72.8 Å². The Bertz CT molecular complexity index is 1310. The molecule has 3 unspecified atom stereocenters. The van der Waals surface area contributed by atoms with Crippen molar-refractivity contribution >= 4 is 34.4 Å². The molecule has 206 valence electrons. The molecule has 3 aromatic carbocycles. The van der Waals surface area contributed by atoms with Crippen LogP contribution in [0.25, 0.3) is 10.8 Å². The highest BCUT2D eigenvalue weighted by Gasteiger charge is 2.45. The number of amides is 3. The van der Waals surface area contributed by atoms with Gasteiger partial charge in [0.1, 0.15) is 17.7 Å². The quantitative estimate of drug-likeness (QED) is 0.333. The van der Waals surface area contributed by atoms with Crippen molar-refractivity contribution in [3.63, 3.8) is 0 Å². The van der Waals surface area contributed by atoms with Crippen molar-refractivity contribution in [1.82, 2.24) is 10.2 Å². The fourth-order valence-electron chi connectivity index (χ4n) is 4.70. The number of carbonyl (C=O) groups excluding carboxylic acids is 3. The SMILES string of the molecule is CCC(C)C(NC(=O)OC(C)(C)C)C(=O)N(C1CC1)C(C(=O)Nc1ccc2ccccc2c1)c1ccccc1.